The molecule has 4 rings (SSSR count). The van der Waals surface area contributed by atoms with E-state index in [-0.39, 0.29) is 17.1 Å². The van der Waals surface area contributed by atoms with E-state index in [0.717, 1.165) is 5.56 Å². The zero-order valence-corrected chi connectivity index (χ0v) is 20.1. The number of carbonyl (C=O) groups is 2. The number of methoxy groups -OCH3 is 2. The summed E-state index contributed by atoms with van der Waals surface area (Å²) >= 11 is 0. The van der Waals surface area contributed by atoms with E-state index in [9.17, 15) is 19.7 Å². The topological polar surface area (TPSA) is 95.7 Å². The first-order valence-electron chi connectivity index (χ1n) is 11.6. The Hall–Kier alpha value is -4.26. The Labute approximate surface area is 209 Å². The Bertz CT molecular complexity index is 1250. The zero-order chi connectivity index (χ0) is 25.7. The summed E-state index contributed by atoms with van der Waals surface area (Å²) in [5.74, 6) is -2.15. The van der Waals surface area contributed by atoms with E-state index in [1.807, 2.05) is 0 Å². The minimum absolute atomic E-state index is 0.0892. The average Bonchev–Trinajstić information content (AvgIpc) is 2.91. The van der Waals surface area contributed by atoms with Crippen LogP contribution in [0.3, 0.4) is 0 Å². The van der Waals surface area contributed by atoms with Crippen LogP contribution in [0.25, 0.3) is 6.08 Å². The van der Waals surface area contributed by atoms with Crippen LogP contribution in [0.2, 0.25) is 0 Å². The summed E-state index contributed by atoms with van der Waals surface area (Å²) in [6.07, 6.45) is 2.88. The number of benzene rings is 3. The van der Waals surface area contributed by atoms with Gasteiger partial charge in [-0.05, 0) is 47.0 Å². The monoisotopic (exact) mass is 485 g/mol. The molecule has 0 aliphatic heterocycles. The van der Waals surface area contributed by atoms with E-state index in [0.29, 0.717) is 22.6 Å². The summed E-state index contributed by atoms with van der Waals surface area (Å²) in [5, 5.41) is 12.5. The number of hydrogen-bond acceptors (Lipinski definition) is 6. The first kappa shape index (κ1) is 24.9. The number of ketones is 2. The van der Waals surface area contributed by atoms with Crippen LogP contribution >= 0.6 is 0 Å². The molecule has 0 spiro atoms. The van der Waals surface area contributed by atoms with Gasteiger partial charge in [0.25, 0.3) is 0 Å². The molecule has 1 saturated carbocycles. The molecule has 1 fully saturated rings. The highest BCUT2D eigenvalue weighted by molar-refractivity contribution is 6.10. The van der Waals surface area contributed by atoms with Crippen LogP contribution in [-0.2, 0) is 9.59 Å². The van der Waals surface area contributed by atoms with Gasteiger partial charge in [-0.3, -0.25) is 19.7 Å². The number of ether oxygens (including phenoxy) is 2. The standard InChI is InChI=1S/C29H27NO6/c1-35-22-13-8-19(9-14-22)10-17-25(31)28-26(32)18-24(20-11-15-23(36-2)16-12-20)29(30(33)34)27(28)21-6-4-3-5-7-21/h3-17,24,27-29H,18H2,1-2H3. The predicted molar refractivity (Wildman–Crippen MR) is 136 cm³/mol. The van der Waals surface area contributed by atoms with E-state index in [4.69, 9.17) is 9.47 Å². The van der Waals surface area contributed by atoms with Crippen LogP contribution in [0.15, 0.2) is 84.9 Å². The van der Waals surface area contributed by atoms with Gasteiger partial charge in [0.15, 0.2) is 5.78 Å². The van der Waals surface area contributed by atoms with E-state index in [1.54, 1.807) is 99.2 Å². The fourth-order valence-electron chi connectivity index (χ4n) is 4.95. The number of carbonyl (C=O) groups excluding carboxylic acids is 2. The summed E-state index contributed by atoms with van der Waals surface area (Å²) in [4.78, 5) is 39.0. The molecule has 7 heteroatoms. The first-order chi connectivity index (χ1) is 17.4. The molecule has 0 amide bonds. The number of nitro groups is 1. The third kappa shape index (κ3) is 5.20. The fraction of sp³-hybridized carbons (Fsp3) is 0.241. The summed E-state index contributed by atoms with van der Waals surface area (Å²) in [6, 6.07) is 21.8. The second kappa shape index (κ2) is 11.0. The summed E-state index contributed by atoms with van der Waals surface area (Å²) in [6.45, 7) is 0. The Morgan fingerprint density at radius 3 is 2.03 bits per heavy atom. The predicted octanol–water partition coefficient (Wildman–Crippen LogP) is 5.09. The maximum absolute atomic E-state index is 13.5. The highest BCUT2D eigenvalue weighted by Crippen LogP contribution is 2.45. The van der Waals surface area contributed by atoms with Crippen molar-refractivity contribution in [2.75, 3.05) is 14.2 Å². The van der Waals surface area contributed by atoms with Gasteiger partial charge in [0.05, 0.1) is 32.0 Å². The van der Waals surface area contributed by atoms with Gasteiger partial charge in [0, 0.05) is 11.3 Å². The average molecular weight is 486 g/mol. The van der Waals surface area contributed by atoms with Crippen LogP contribution < -0.4 is 9.47 Å². The number of hydrogen-bond donors (Lipinski definition) is 0. The Balaban J connectivity index is 1.72. The number of nitrogens with zero attached hydrogens (tertiary/aromatic N) is 1. The molecule has 36 heavy (non-hydrogen) atoms. The molecule has 1 aliphatic carbocycles. The zero-order valence-electron chi connectivity index (χ0n) is 20.1. The van der Waals surface area contributed by atoms with Gasteiger partial charge in [0.2, 0.25) is 6.04 Å². The highest BCUT2D eigenvalue weighted by atomic mass is 16.6. The molecule has 184 valence electrons. The van der Waals surface area contributed by atoms with Gasteiger partial charge < -0.3 is 9.47 Å². The van der Waals surface area contributed by atoms with Gasteiger partial charge in [-0.1, -0.05) is 60.7 Å². The van der Waals surface area contributed by atoms with Crippen LogP contribution in [-0.4, -0.2) is 36.8 Å². The van der Waals surface area contributed by atoms with Gasteiger partial charge in [-0.15, -0.1) is 0 Å². The van der Waals surface area contributed by atoms with E-state index >= 15 is 0 Å². The van der Waals surface area contributed by atoms with Crippen molar-refractivity contribution in [1.29, 1.82) is 0 Å². The maximum atomic E-state index is 13.5. The molecule has 0 aromatic heterocycles. The lowest BCUT2D eigenvalue weighted by atomic mass is 9.64. The maximum Gasteiger partial charge on any atom is 0.228 e. The van der Waals surface area contributed by atoms with Crippen molar-refractivity contribution in [3.05, 3.63) is 112 Å². The van der Waals surface area contributed by atoms with E-state index in [1.165, 1.54) is 6.08 Å². The molecule has 4 atom stereocenters. The Morgan fingerprint density at radius 1 is 0.889 bits per heavy atom. The van der Waals surface area contributed by atoms with Gasteiger partial charge in [-0.25, -0.2) is 0 Å². The largest absolute Gasteiger partial charge is 0.497 e. The molecule has 1 aliphatic rings. The van der Waals surface area contributed by atoms with Crippen LogP contribution in [0.4, 0.5) is 0 Å². The summed E-state index contributed by atoms with van der Waals surface area (Å²) in [5.41, 5.74) is 2.03. The van der Waals surface area contributed by atoms with Gasteiger partial charge in [0.1, 0.15) is 17.3 Å². The third-order valence-corrected chi connectivity index (χ3v) is 6.74. The normalized spacial score (nSPS) is 21.8. The third-order valence-electron chi connectivity index (χ3n) is 6.74. The van der Waals surface area contributed by atoms with Crippen molar-refractivity contribution >= 4 is 17.6 Å². The summed E-state index contributed by atoms with van der Waals surface area (Å²) in [7, 11) is 3.11. The van der Waals surface area contributed by atoms with Gasteiger partial charge in [-0.2, -0.15) is 0 Å². The van der Waals surface area contributed by atoms with Crippen LogP contribution in [0.5, 0.6) is 11.5 Å². The van der Waals surface area contributed by atoms with E-state index in [2.05, 4.69) is 0 Å². The van der Waals surface area contributed by atoms with Gasteiger partial charge >= 0.3 is 0 Å². The Morgan fingerprint density at radius 2 is 1.47 bits per heavy atom. The second-order valence-corrected chi connectivity index (χ2v) is 8.75. The lowest BCUT2D eigenvalue weighted by Gasteiger charge is -2.36. The molecular formula is C29H27NO6. The smallest absolute Gasteiger partial charge is 0.228 e. The molecule has 4 unspecified atom stereocenters. The van der Waals surface area contributed by atoms with E-state index < -0.39 is 29.6 Å². The minimum Gasteiger partial charge on any atom is -0.497 e. The van der Waals surface area contributed by atoms with Crippen molar-refractivity contribution in [2.24, 2.45) is 5.92 Å². The van der Waals surface area contributed by atoms with Crippen molar-refractivity contribution in [3.8, 4) is 11.5 Å². The van der Waals surface area contributed by atoms with Crippen molar-refractivity contribution in [1.82, 2.24) is 0 Å². The van der Waals surface area contributed by atoms with Crippen LogP contribution in [0.1, 0.15) is 34.9 Å². The quantitative estimate of drug-likeness (QED) is 0.191. The molecule has 0 bridgehead atoms. The molecule has 0 N–H and O–H groups in total. The molecule has 0 saturated heterocycles. The molecular weight excluding hydrogens is 458 g/mol. The number of allylic oxidation sites excluding steroid dienone is 1. The van der Waals surface area contributed by atoms with Crippen molar-refractivity contribution < 1.29 is 24.0 Å². The van der Waals surface area contributed by atoms with Crippen molar-refractivity contribution in [3.63, 3.8) is 0 Å². The lowest BCUT2D eigenvalue weighted by Crippen LogP contribution is -2.48. The molecule has 3 aromatic carbocycles. The minimum atomic E-state index is -1.15. The van der Waals surface area contributed by atoms with Crippen molar-refractivity contribution in [2.45, 2.75) is 24.3 Å². The summed E-state index contributed by atoms with van der Waals surface area (Å²) < 4.78 is 10.4. The molecule has 0 heterocycles. The molecule has 7 nitrogen and oxygen atoms in total. The Kier molecular flexibility index (Phi) is 7.59. The van der Waals surface area contributed by atoms with Crippen LogP contribution in [0, 0.1) is 16.0 Å². The SMILES string of the molecule is COc1ccc(C=CC(=O)C2C(=O)CC(c3ccc(OC)cc3)C([N+](=O)[O-])C2c2ccccc2)cc1. The highest BCUT2D eigenvalue weighted by Gasteiger charge is 2.53. The second-order valence-electron chi connectivity index (χ2n) is 8.75. The molecule has 3 aromatic rings. The lowest BCUT2D eigenvalue weighted by molar-refractivity contribution is -0.533. The number of Topliss-reactive ketones (excluding diaryl/α,β-unsaturated/α-hetero) is 1. The first-order valence-corrected chi connectivity index (χ1v) is 11.6. The number of rotatable bonds is 8. The molecule has 0 radical (unpaired) electrons. The fourth-order valence-corrected chi connectivity index (χ4v) is 4.95.